The number of anilines is 1. The van der Waals surface area contributed by atoms with Crippen LogP contribution in [0.4, 0.5) is 23.0 Å². The van der Waals surface area contributed by atoms with Crippen molar-refractivity contribution in [2.24, 2.45) is 17.3 Å². The van der Waals surface area contributed by atoms with Gasteiger partial charge in [0.25, 0.3) is 11.6 Å². The molecule has 0 aliphatic heterocycles. The van der Waals surface area contributed by atoms with Gasteiger partial charge in [0, 0.05) is 31.9 Å². The molecule has 0 unspecified atom stereocenters. The van der Waals surface area contributed by atoms with Crippen molar-refractivity contribution in [1.29, 1.82) is 0 Å². The SMILES string of the molecule is [CH2]CN(CC)c1ccc(N=Nc2nncn2C)c([N+](=O)[O-])c1. The first kappa shape index (κ1) is 15.5. The summed E-state index contributed by atoms with van der Waals surface area (Å²) in [5, 5.41) is 26.4. The number of nitro benzene ring substituents is 1. The van der Waals surface area contributed by atoms with Crippen LogP contribution >= 0.6 is 0 Å². The third-order valence-corrected chi connectivity index (χ3v) is 3.11. The lowest BCUT2D eigenvalue weighted by molar-refractivity contribution is -0.384. The Morgan fingerprint density at radius 2 is 2.23 bits per heavy atom. The molecule has 2 rings (SSSR count). The van der Waals surface area contributed by atoms with Crippen molar-refractivity contribution in [2.75, 3.05) is 18.0 Å². The summed E-state index contributed by atoms with van der Waals surface area (Å²) >= 11 is 0. The molecule has 0 saturated carbocycles. The molecule has 0 aliphatic carbocycles. The van der Waals surface area contributed by atoms with Crippen LogP contribution in [-0.2, 0) is 7.05 Å². The van der Waals surface area contributed by atoms with Crippen molar-refractivity contribution in [1.82, 2.24) is 14.8 Å². The van der Waals surface area contributed by atoms with Crippen molar-refractivity contribution in [3.8, 4) is 0 Å². The zero-order chi connectivity index (χ0) is 16.1. The predicted molar refractivity (Wildman–Crippen MR) is 81.5 cm³/mol. The van der Waals surface area contributed by atoms with E-state index in [2.05, 4.69) is 27.3 Å². The van der Waals surface area contributed by atoms with E-state index < -0.39 is 4.92 Å². The van der Waals surface area contributed by atoms with E-state index in [1.54, 1.807) is 23.7 Å². The minimum atomic E-state index is -0.481. The van der Waals surface area contributed by atoms with Gasteiger partial charge >= 0.3 is 0 Å². The van der Waals surface area contributed by atoms with E-state index >= 15 is 0 Å². The van der Waals surface area contributed by atoms with Gasteiger partial charge in [-0.2, -0.15) is 0 Å². The van der Waals surface area contributed by atoms with Gasteiger partial charge in [-0.3, -0.25) is 10.1 Å². The molecule has 1 aromatic heterocycles. The van der Waals surface area contributed by atoms with Crippen LogP contribution in [-0.4, -0.2) is 32.8 Å². The van der Waals surface area contributed by atoms with E-state index in [-0.39, 0.29) is 17.3 Å². The molecule has 115 valence electrons. The van der Waals surface area contributed by atoms with Crippen molar-refractivity contribution in [2.45, 2.75) is 6.92 Å². The zero-order valence-electron chi connectivity index (χ0n) is 12.4. The van der Waals surface area contributed by atoms with Crippen LogP contribution in [0.5, 0.6) is 0 Å². The highest BCUT2D eigenvalue weighted by molar-refractivity contribution is 5.65. The number of rotatable bonds is 6. The van der Waals surface area contributed by atoms with E-state index in [9.17, 15) is 10.1 Å². The Bertz CT molecular complexity index is 691. The van der Waals surface area contributed by atoms with Crippen molar-refractivity contribution >= 4 is 23.0 Å². The molecule has 0 saturated heterocycles. The summed E-state index contributed by atoms with van der Waals surface area (Å²) in [7, 11) is 1.71. The Balaban J connectivity index is 2.37. The van der Waals surface area contributed by atoms with Crippen LogP contribution in [0.1, 0.15) is 6.92 Å². The van der Waals surface area contributed by atoms with Crippen molar-refractivity contribution < 1.29 is 4.92 Å². The molecular formula is C13H16N7O2. The van der Waals surface area contributed by atoms with Crippen LogP contribution in [0.3, 0.4) is 0 Å². The third-order valence-electron chi connectivity index (χ3n) is 3.11. The van der Waals surface area contributed by atoms with Crippen molar-refractivity contribution in [3.63, 3.8) is 0 Å². The van der Waals surface area contributed by atoms with Crippen LogP contribution in [0.2, 0.25) is 0 Å². The first-order chi connectivity index (χ1) is 10.6. The standard InChI is InChI=1S/C13H16N7O2/c1-4-19(5-2)10-6-7-11(12(8-10)20(21)22)15-17-13-16-14-9-18(13)3/h6-9H,1,4-5H2,2-3H3. The molecule has 1 aromatic carbocycles. The summed E-state index contributed by atoms with van der Waals surface area (Å²) in [4.78, 5) is 12.7. The number of aryl methyl sites for hydroxylation is 1. The average molecular weight is 302 g/mol. The molecule has 1 heterocycles. The summed E-state index contributed by atoms with van der Waals surface area (Å²) in [6.07, 6.45) is 1.47. The number of aromatic nitrogens is 3. The molecule has 9 nitrogen and oxygen atoms in total. The molecule has 0 fully saturated rings. The Morgan fingerprint density at radius 3 is 2.77 bits per heavy atom. The normalized spacial score (nSPS) is 11.0. The number of nitro groups is 1. The van der Waals surface area contributed by atoms with E-state index in [0.29, 0.717) is 13.1 Å². The summed E-state index contributed by atoms with van der Waals surface area (Å²) in [6.45, 7) is 6.99. The Labute approximate surface area is 127 Å². The predicted octanol–water partition coefficient (Wildman–Crippen LogP) is 2.80. The molecule has 0 N–H and O–H groups in total. The topological polar surface area (TPSA) is 102 Å². The summed E-state index contributed by atoms with van der Waals surface area (Å²) in [5.74, 6) is 0.270. The number of nitrogens with zero attached hydrogens (tertiary/aromatic N) is 7. The monoisotopic (exact) mass is 302 g/mol. The number of azo groups is 1. The maximum atomic E-state index is 11.2. The van der Waals surface area contributed by atoms with E-state index in [0.717, 1.165) is 5.69 Å². The van der Waals surface area contributed by atoms with Crippen LogP contribution < -0.4 is 4.90 Å². The molecule has 0 amide bonds. The lowest BCUT2D eigenvalue weighted by Gasteiger charge is -2.20. The smallest absolute Gasteiger partial charge is 0.298 e. The Morgan fingerprint density at radius 1 is 1.45 bits per heavy atom. The quantitative estimate of drug-likeness (QED) is 0.464. The van der Waals surface area contributed by atoms with Gasteiger partial charge in [-0.15, -0.1) is 20.4 Å². The maximum Gasteiger partial charge on any atom is 0.298 e. The van der Waals surface area contributed by atoms with Gasteiger partial charge in [-0.05, 0) is 26.0 Å². The van der Waals surface area contributed by atoms with Gasteiger partial charge in [0.05, 0.1) is 4.92 Å². The Kier molecular flexibility index (Phi) is 4.77. The number of benzene rings is 1. The lowest BCUT2D eigenvalue weighted by atomic mass is 10.2. The highest BCUT2D eigenvalue weighted by Crippen LogP contribution is 2.32. The second kappa shape index (κ2) is 6.74. The van der Waals surface area contributed by atoms with Gasteiger partial charge < -0.3 is 9.47 Å². The lowest BCUT2D eigenvalue weighted by Crippen LogP contribution is -2.21. The third kappa shape index (κ3) is 3.25. The van der Waals surface area contributed by atoms with Crippen LogP contribution in [0.25, 0.3) is 0 Å². The summed E-state index contributed by atoms with van der Waals surface area (Å²) < 4.78 is 1.56. The molecule has 0 bridgehead atoms. The van der Waals surface area contributed by atoms with Gasteiger partial charge in [0.15, 0.2) is 5.69 Å². The summed E-state index contributed by atoms with van der Waals surface area (Å²) in [6, 6.07) is 4.79. The fraction of sp³-hybridized carbons (Fsp3) is 0.308. The molecule has 1 radical (unpaired) electrons. The van der Waals surface area contributed by atoms with E-state index in [1.165, 1.54) is 12.4 Å². The minimum Gasteiger partial charge on any atom is -0.372 e. The van der Waals surface area contributed by atoms with Gasteiger partial charge in [0.1, 0.15) is 6.33 Å². The average Bonchev–Trinajstić information content (AvgIpc) is 2.92. The molecular weight excluding hydrogens is 286 g/mol. The zero-order valence-corrected chi connectivity index (χ0v) is 12.4. The fourth-order valence-corrected chi connectivity index (χ4v) is 1.88. The number of hydrogen-bond acceptors (Lipinski definition) is 7. The summed E-state index contributed by atoms with van der Waals surface area (Å²) in [5.41, 5.74) is 0.772. The number of hydrogen-bond donors (Lipinski definition) is 0. The highest BCUT2D eigenvalue weighted by Gasteiger charge is 2.16. The molecule has 0 aliphatic rings. The van der Waals surface area contributed by atoms with Crippen LogP contribution in [0, 0.1) is 17.0 Å². The molecule has 22 heavy (non-hydrogen) atoms. The second-order valence-electron chi connectivity index (χ2n) is 4.45. The highest BCUT2D eigenvalue weighted by atomic mass is 16.6. The van der Waals surface area contributed by atoms with Crippen LogP contribution in [0.15, 0.2) is 34.8 Å². The Hall–Kier alpha value is -2.84. The van der Waals surface area contributed by atoms with Gasteiger partial charge in [0.2, 0.25) is 0 Å². The van der Waals surface area contributed by atoms with E-state index in [1.807, 2.05) is 11.8 Å². The van der Waals surface area contributed by atoms with E-state index in [4.69, 9.17) is 0 Å². The van der Waals surface area contributed by atoms with Gasteiger partial charge in [-0.1, -0.05) is 0 Å². The maximum absolute atomic E-state index is 11.2. The van der Waals surface area contributed by atoms with Gasteiger partial charge in [-0.25, -0.2) is 0 Å². The first-order valence-electron chi connectivity index (χ1n) is 6.65. The molecule has 9 heteroatoms. The largest absolute Gasteiger partial charge is 0.372 e. The molecule has 0 atom stereocenters. The molecule has 2 aromatic rings. The first-order valence-corrected chi connectivity index (χ1v) is 6.65. The van der Waals surface area contributed by atoms with Crippen molar-refractivity contribution in [3.05, 3.63) is 41.6 Å². The molecule has 0 spiro atoms. The second-order valence-corrected chi connectivity index (χ2v) is 4.45. The fourth-order valence-electron chi connectivity index (χ4n) is 1.88. The minimum absolute atomic E-state index is 0.115.